The van der Waals surface area contributed by atoms with Crippen LogP contribution in [0.15, 0.2) is 0 Å². The Morgan fingerprint density at radius 3 is 2.43 bits per heavy atom. The van der Waals surface area contributed by atoms with Gasteiger partial charge in [-0.2, -0.15) is 0 Å². The van der Waals surface area contributed by atoms with Gasteiger partial charge in [0.1, 0.15) is 0 Å². The maximum atomic E-state index is 12.9. The van der Waals surface area contributed by atoms with Crippen molar-refractivity contribution in [2.75, 3.05) is 26.7 Å². The van der Waals surface area contributed by atoms with E-state index in [1.165, 1.54) is 57.8 Å². The summed E-state index contributed by atoms with van der Waals surface area (Å²) in [6.45, 7) is 2.10. The predicted molar refractivity (Wildman–Crippen MR) is 92.4 cm³/mol. The van der Waals surface area contributed by atoms with Crippen LogP contribution in [-0.2, 0) is 9.53 Å². The number of morpholine rings is 1. The number of likely N-dealkylation sites (N-methyl/N-ethyl adjacent to an activating group) is 1. The molecule has 0 spiro atoms. The largest absolute Gasteiger partial charge is 0.374 e. The summed E-state index contributed by atoms with van der Waals surface area (Å²) in [6.07, 6.45) is 14.4. The molecular weight excluding hydrogens is 288 g/mol. The number of hydrogen-bond donors (Lipinski definition) is 0. The van der Waals surface area contributed by atoms with E-state index in [9.17, 15) is 4.79 Å². The number of carbonyl (C=O) groups excluding carboxylic acids is 1. The van der Waals surface area contributed by atoms with Gasteiger partial charge in [-0.3, -0.25) is 9.69 Å². The zero-order chi connectivity index (χ0) is 16.1. The molecule has 2 saturated carbocycles. The van der Waals surface area contributed by atoms with Gasteiger partial charge in [0, 0.05) is 12.6 Å². The second kappa shape index (κ2) is 8.48. The maximum Gasteiger partial charge on any atom is 0.237 e. The van der Waals surface area contributed by atoms with Crippen LogP contribution < -0.4 is 0 Å². The number of nitrogens with zero attached hydrogens (tertiary/aromatic N) is 2. The van der Waals surface area contributed by atoms with Crippen molar-refractivity contribution < 1.29 is 9.53 Å². The highest BCUT2D eigenvalue weighted by molar-refractivity contribution is 5.78. The predicted octanol–water partition coefficient (Wildman–Crippen LogP) is 3.20. The summed E-state index contributed by atoms with van der Waals surface area (Å²) in [7, 11) is 2.16. The molecular formula is C19H34N2O2. The third-order valence-corrected chi connectivity index (χ3v) is 6.14. The third kappa shape index (κ3) is 4.48. The first-order valence-corrected chi connectivity index (χ1v) is 9.87. The van der Waals surface area contributed by atoms with Gasteiger partial charge < -0.3 is 9.64 Å². The van der Waals surface area contributed by atoms with Gasteiger partial charge in [0.2, 0.25) is 5.91 Å². The Labute approximate surface area is 141 Å². The van der Waals surface area contributed by atoms with Gasteiger partial charge in [0.25, 0.3) is 0 Å². The summed E-state index contributed by atoms with van der Waals surface area (Å²) < 4.78 is 5.91. The van der Waals surface area contributed by atoms with Crippen LogP contribution >= 0.6 is 0 Å². The van der Waals surface area contributed by atoms with Crippen molar-refractivity contribution in [1.82, 2.24) is 9.80 Å². The number of rotatable bonds is 3. The van der Waals surface area contributed by atoms with Gasteiger partial charge >= 0.3 is 0 Å². The van der Waals surface area contributed by atoms with Crippen LogP contribution in [0.5, 0.6) is 0 Å². The van der Waals surface area contributed by atoms with E-state index in [1.54, 1.807) is 0 Å². The maximum absolute atomic E-state index is 12.9. The van der Waals surface area contributed by atoms with Gasteiger partial charge in [-0.15, -0.1) is 0 Å². The van der Waals surface area contributed by atoms with E-state index in [1.807, 2.05) is 0 Å². The third-order valence-electron chi connectivity index (χ3n) is 6.14. The topological polar surface area (TPSA) is 32.8 Å². The van der Waals surface area contributed by atoms with Gasteiger partial charge in [-0.05, 0) is 32.7 Å². The number of carbonyl (C=O) groups is 1. The smallest absolute Gasteiger partial charge is 0.237 e. The van der Waals surface area contributed by atoms with Crippen LogP contribution in [0.2, 0.25) is 0 Å². The first-order chi connectivity index (χ1) is 11.3. The Kier molecular flexibility index (Phi) is 6.35. The lowest BCUT2D eigenvalue weighted by Gasteiger charge is -2.44. The van der Waals surface area contributed by atoms with Crippen LogP contribution in [0.4, 0.5) is 0 Å². The average molecular weight is 322 g/mol. The zero-order valence-electron chi connectivity index (χ0n) is 14.8. The number of hydrogen-bond acceptors (Lipinski definition) is 3. The Hall–Kier alpha value is -0.610. The number of amides is 1. The summed E-state index contributed by atoms with van der Waals surface area (Å²) in [4.78, 5) is 17.4. The fourth-order valence-electron chi connectivity index (χ4n) is 4.71. The Bertz CT molecular complexity index is 378. The van der Waals surface area contributed by atoms with E-state index in [0.29, 0.717) is 30.6 Å². The molecule has 132 valence electrons. The molecule has 0 N–H and O–H groups in total. The zero-order valence-corrected chi connectivity index (χ0v) is 14.8. The molecule has 1 aliphatic heterocycles. The minimum absolute atomic E-state index is 0.299. The Morgan fingerprint density at radius 1 is 1.00 bits per heavy atom. The summed E-state index contributed by atoms with van der Waals surface area (Å²) in [5.41, 5.74) is 0. The first kappa shape index (κ1) is 17.2. The molecule has 3 aliphatic rings. The summed E-state index contributed by atoms with van der Waals surface area (Å²) in [5.74, 6) is 0.328. The molecule has 1 saturated heterocycles. The molecule has 4 nitrogen and oxygen atoms in total. The van der Waals surface area contributed by atoms with Crippen LogP contribution in [0.25, 0.3) is 0 Å². The van der Waals surface area contributed by atoms with Crippen molar-refractivity contribution in [3.8, 4) is 0 Å². The molecule has 0 radical (unpaired) electrons. The number of ether oxygens (including phenoxy) is 1. The SMILES string of the molecule is CN(CC(=O)N1CCOC2CCCCC21)C1CCCCCCC1. The normalized spacial score (nSPS) is 30.6. The fraction of sp³-hybridized carbons (Fsp3) is 0.947. The average Bonchev–Trinajstić information content (AvgIpc) is 2.53. The van der Waals surface area contributed by atoms with E-state index >= 15 is 0 Å². The first-order valence-electron chi connectivity index (χ1n) is 9.87. The monoisotopic (exact) mass is 322 g/mol. The van der Waals surface area contributed by atoms with Gasteiger partial charge in [-0.1, -0.05) is 44.9 Å². The van der Waals surface area contributed by atoms with Crippen molar-refractivity contribution in [2.45, 2.75) is 88.8 Å². The second-order valence-electron chi connectivity index (χ2n) is 7.76. The quantitative estimate of drug-likeness (QED) is 0.800. The molecule has 0 aromatic carbocycles. The Morgan fingerprint density at radius 2 is 1.65 bits per heavy atom. The van der Waals surface area contributed by atoms with E-state index in [4.69, 9.17) is 4.74 Å². The van der Waals surface area contributed by atoms with Gasteiger partial charge in [-0.25, -0.2) is 0 Å². The molecule has 0 bridgehead atoms. The highest BCUT2D eigenvalue weighted by Crippen LogP contribution is 2.29. The number of fused-ring (bicyclic) bond motifs is 1. The molecule has 3 rings (SSSR count). The van der Waals surface area contributed by atoms with Gasteiger partial charge in [0.05, 0.1) is 25.3 Å². The van der Waals surface area contributed by atoms with E-state index < -0.39 is 0 Å². The molecule has 1 heterocycles. The fourth-order valence-corrected chi connectivity index (χ4v) is 4.71. The lowest BCUT2D eigenvalue weighted by molar-refractivity contribution is -0.150. The molecule has 23 heavy (non-hydrogen) atoms. The van der Waals surface area contributed by atoms with Crippen molar-refractivity contribution in [2.24, 2.45) is 0 Å². The second-order valence-corrected chi connectivity index (χ2v) is 7.76. The van der Waals surface area contributed by atoms with Crippen LogP contribution in [0.1, 0.15) is 70.6 Å². The lowest BCUT2D eigenvalue weighted by Crippen LogP contribution is -2.57. The van der Waals surface area contributed by atoms with Crippen molar-refractivity contribution in [3.05, 3.63) is 0 Å². The highest BCUT2D eigenvalue weighted by atomic mass is 16.5. The molecule has 2 unspecified atom stereocenters. The van der Waals surface area contributed by atoms with E-state index in [2.05, 4.69) is 16.8 Å². The minimum Gasteiger partial charge on any atom is -0.374 e. The van der Waals surface area contributed by atoms with Crippen molar-refractivity contribution in [3.63, 3.8) is 0 Å². The standard InChI is InChI=1S/C19H34N2O2/c1-20(16-9-5-3-2-4-6-10-16)15-19(22)21-13-14-23-18-12-8-7-11-17(18)21/h16-18H,2-15H2,1H3. The molecule has 1 amide bonds. The van der Waals surface area contributed by atoms with Crippen molar-refractivity contribution in [1.29, 1.82) is 0 Å². The minimum atomic E-state index is 0.299. The Balaban J connectivity index is 1.54. The molecule has 0 aromatic heterocycles. The summed E-state index contributed by atoms with van der Waals surface area (Å²) in [6, 6.07) is 0.943. The van der Waals surface area contributed by atoms with Crippen LogP contribution in [0, 0.1) is 0 Å². The van der Waals surface area contributed by atoms with E-state index in [0.717, 1.165) is 26.0 Å². The van der Waals surface area contributed by atoms with Gasteiger partial charge in [0.15, 0.2) is 0 Å². The lowest BCUT2D eigenvalue weighted by atomic mass is 9.90. The summed E-state index contributed by atoms with van der Waals surface area (Å²) >= 11 is 0. The van der Waals surface area contributed by atoms with Crippen LogP contribution in [-0.4, -0.2) is 60.6 Å². The highest BCUT2D eigenvalue weighted by Gasteiger charge is 2.37. The van der Waals surface area contributed by atoms with E-state index in [-0.39, 0.29) is 0 Å². The summed E-state index contributed by atoms with van der Waals surface area (Å²) in [5, 5.41) is 0. The molecule has 4 heteroatoms. The van der Waals surface area contributed by atoms with Crippen LogP contribution in [0.3, 0.4) is 0 Å². The molecule has 0 aromatic rings. The molecule has 2 atom stereocenters. The molecule has 2 aliphatic carbocycles. The molecule has 3 fully saturated rings. The van der Waals surface area contributed by atoms with Crippen molar-refractivity contribution >= 4 is 5.91 Å².